The van der Waals surface area contributed by atoms with Gasteiger partial charge >= 0.3 is 0 Å². The highest BCUT2D eigenvalue weighted by Crippen LogP contribution is 2.30. The Morgan fingerprint density at radius 2 is 1.97 bits per heavy atom. The van der Waals surface area contributed by atoms with E-state index in [0.717, 1.165) is 16.4 Å². The molecule has 0 fully saturated rings. The second-order valence-corrected chi connectivity index (χ2v) is 8.35. The van der Waals surface area contributed by atoms with Crippen LogP contribution in [0.15, 0.2) is 53.7 Å². The molecule has 1 amide bonds. The van der Waals surface area contributed by atoms with Crippen LogP contribution in [0.5, 0.6) is 0 Å². The number of carbonyl (C=O) groups is 1. The molecule has 0 aliphatic carbocycles. The summed E-state index contributed by atoms with van der Waals surface area (Å²) in [5.74, 6) is -1.15. The molecule has 1 atom stereocenters. The number of nitrogens with one attached hydrogen (secondary N) is 1. The van der Waals surface area contributed by atoms with E-state index in [-0.39, 0.29) is 6.54 Å². The van der Waals surface area contributed by atoms with Crippen molar-refractivity contribution in [2.24, 2.45) is 5.92 Å². The average Bonchev–Trinajstić information content (AvgIpc) is 2.68. The minimum absolute atomic E-state index is 0.206. The fourth-order valence-electron chi connectivity index (χ4n) is 2.88. The van der Waals surface area contributed by atoms with Gasteiger partial charge in [-0.05, 0) is 23.6 Å². The van der Waals surface area contributed by atoms with Gasteiger partial charge in [-0.25, -0.2) is 13.9 Å². The first-order chi connectivity index (χ1) is 13.7. The molecule has 0 unspecified atom stereocenters. The third-order valence-corrected chi connectivity index (χ3v) is 6.00. The van der Waals surface area contributed by atoms with Crippen LogP contribution in [-0.2, 0) is 26.2 Å². The van der Waals surface area contributed by atoms with E-state index in [1.165, 1.54) is 31.6 Å². The first kappa shape index (κ1) is 22.4. The number of para-hydroxylation sites is 1. The predicted octanol–water partition coefficient (Wildman–Crippen LogP) is 1.88. The third-order valence-electron chi connectivity index (χ3n) is 4.12. The van der Waals surface area contributed by atoms with E-state index in [2.05, 4.69) is 15.3 Å². The lowest BCUT2D eigenvalue weighted by atomic mass is 10.0. The number of hydrogen-bond donors (Lipinski definition) is 1. The van der Waals surface area contributed by atoms with E-state index in [4.69, 9.17) is 0 Å². The summed E-state index contributed by atoms with van der Waals surface area (Å²) >= 11 is 0. The number of carbonyl (C=O) groups excluding carboxylic acids is 1. The minimum atomic E-state index is -4.44. The van der Waals surface area contributed by atoms with Gasteiger partial charge in [-0.1, -0.05) is 32.0 Å². The lowest BCUT2D eigenvalue weighted by molar-refractivity contribution is -0.387. The molecule has 1 N–H and O–H groups in total. The molecular formula is C18H22N4O6S. The Labute approximate surface area is 168 Å². The molecule has 0 saturated carbocycles. The Morgan fingerprint density at radius 3 is 2.52 bits per heavy atom. The van der Waals surface area contributed by atoms with E-state index >= 15 is 0 Å². The molecule has 29 heavy (non-hydrogen) atoms. The molecule has 2 aromatic rings. The van der Waals surface area contributed by atoms with Crippen molar-refractivity contribution in [2.45, 2.75) is 31.3 Å². The van der Waals surface area contributed by atoms with Crippen molar-refractivity contribution < 1.29 is 23.0 Å². The van der Waals surface area contributed by atoms with E-state index < -0.39 is 43.4 Å². The van der Waals surface area contributed by atoms with Crippen LogP contribution in [0, 0.1) is 16.0 Å². The number of pyridine rings is 1. The number of benzene rings is 1. The van der Waals surface area contributed by atoms with Crippen molar-refractivity contribution >= 4 is 21.6 Å². The van der Waals surface area contributed by atoms with Crippen LogP contribution < -0.4 is 5.48 Å². The van der Waals surface area contributed by atoms with Crippen LogP contribution in [-0.4, -0.2) is 41.7 Å². The number of hydrogen-bond acceptors (Lipinski definition) is 7. The Morgan fingerprint density at radius 1 is 1.28 bits per heavy atom. The molecule has 156 valence electrons. The molecule has 1 heterocycles. The fraction of sp³-hybridized carbons (Fsp3) is 0.333. The quantitative estimate of drug-likeness (QED) is 0.482. The second kappa shape index (κ2) is 9.54. The first-order valence-corrected chi connectivity index (χ1v) is 10.1. The summed E-state index contributed by atoms with van der Waals surface area (Å²) in [6.07, 6.45) is 3.00. The smallest absolute Gasteiger partial charge is 0.277 e. The zero-order valence-corrected chi connectivity index (χ0v) is 17.0. The normalized spacial score (nSPS) is 12.7. The van der Waals surface area contributed by atoms with E-state index in [1.54, 1.807) is 26.0 Å². The highest BCUT2D eigenvalue weighted by molar-refractivity contribution is 7.89. The third kappa shape index (κ3) is 5.13. The number of nitro groups is 1. The van der Waals surface area contributed by atoms with Crippen LogP contribution >= 0.6 is 0 Å². The van der Waals surface area contributed by atoms with E-state index in [1.807, 2.05) is 0 Å². The molecule has 0 saturated heterocycles. The standard InChI is InChI=1S/C18H22N4O6S/c1-13(2)17(18(23)20-28-3)21(12-14-7-6-10-19-11-14)29(26,27)16-9-5-4-8-15(16)22(24)25/h4-11,13,17H,12H2,1-3H3,(H,20,23)/t17-/m1/s1. The maximum absolute atomic E-state index is 13.5. The number of nitro benzene ring substituents is 1. The van der Waals surface area contributed by atoms with Gasteiger partial charge in [0, 0.05) is 25.0 Å². The number of rotatable bonds is 9. The van der Waals surface area contributed by atoms with Crippen LogP contribution in [0.3, 0.4) is 0 Å². The summed E-state index contributed by atoms with van der Waals surface area (Å²) in [6, 6.07) is 7.12. The molecule has 10 nitrogen and oxygen atoms in total. The monoisotopic (exact) mass is 422 g/mol. The van der Waals surface area contributed by atoms with Gasteiger partial charge in [0.15, 0.2) is 4.90 Å². The topological polar surface area (TPSA) is 132 Å². The number of amides is 1. The van der Waals surface area contributed by atoms with Gasteiger partial charge in [-0.3, -0.25) is 24.7 Å². The van der Waals surface area contributed by atoms with E-state index in [9.17, 15) is 23.3 Å². The van der Waals surface area contributed by atoms with Gasteiger partial charge in [0.25, 0.3) is 21.6 Å². The van der Waals surface area contributed by atoms with Crippen molar-refractivity contribution in [1.29, 1.82) is 0 Å². The first-order valence-electron chi connectivity index (χ1n) is 8.67. The maximum Gasteiger partial charge on any atom is 0.289 e. The molecule has 0 aliphatic rings. The zero-order chi connectivity index (χ0) is 21.6. The Hall–Kier alpha value is -2.89. The molecule has 1 aromatic carbocycles. The molecular weight excluding hydrogens is 400 g/mol. The van der Waals surface area contributed by atoms with Crippen LogP contribution in [0.25, 0.3) is 0 Å². The summed E-state index contributed by atoms with van der Waals surface area (Å²) in [7, 11) is -3.20. The molecule has 0 aliphatic heterocycles. The van der Waals surface area contributed by atoms with Gasteiger partial charge < -0.3 is 0 Å². The van der Waals surface area contributed by atoms with Crippen molar-refractivity contribution in [3.63, 3.8) is 0 Å². The fourth-order valence-corrected chi connectivity index (χ4v) is 4.75. The zero-order valence-electron chi connectivity index (χ0n) is 16.2. The van der Waals surface area contributed by atoms with Crippen LogP contribution in [0.1, 0.15) is 19.4 Å². The predicted molar refractivity (Wildman–Crippen MR) is 104 cm³/mol. The molecule has 11 heteroatoms. The lowest BCUT2D eigenvalue weighted by Gasteiger charge is -2.32. The van der Waals surface area contributed by atoms with Gasteiger partial charge in [-0.2, -0.15) is 4.31 Å². The number of aromatic nitrogens is 1. The van der Waals surface area contributed by atoms with E-state index in [0.29, 0.717) is 5.56 Å². The van der Waals surface area contributed by atoms with Gasteiger partial charge in [0.05, 0.1) is 12.0 Å². The SMILES string of the molecule is CONC(=O)[C@@H](C(C)C)N(Cc1cccnc1)S(=O)(=O)c1ccccc1[N+](=O)[O-]. The van der Waals surface area contributed by atoms with Crippen molar-refractivity contribution in [2.75, 3.05) is 7.11 Å². The minimum Gasteiger partial charge on any atom is -0.277 e. The lowest BCUT2D eigenvalue weighted by Crippen LogP contribution is -2.51. The van der Waals surface area contributed by atoms with Gasteiger partial charge in [0.2, 0.25) is 0 Å². The van der Waals surface area contributed by atoms with Gasteiger partial charge in [-0.15, -0.1) is 0 Å². The summed E-state index contributed by atoms with van der Waals surface area (Å²) in [4.78, 5) is 31.4. The highest BCUT2D eigenvalue weighted by Gasteiger charge is 2.40. The summed E-state index contributed by atoms with van der Waals surface area (Å²) in [6.45, 7) is 3.14. The largest absolute Gasteiger partial charge is 0.289 e. The average molecular weight is 422 g/mol. The molecule has 0 radical (unpaired) electrons. The molecule has 0 bridgehead atoms. The van der Waals surface area contributed by atoms with Crippen LogP contribution in [0.4, 0.5) is 5.69 Å². The number of nitrogens with zero attached hydrogens (tertiary/aromatic N) is 3. The summed E-state index contributed by atoms with van der Waals surface area (Å²) in [5, 5.41) is 11.4. The molecule has 1 aromatic heterocycles. The van der Waals surface area contributed by atoms with Crippen molar-refractivity contribution in [3.05, 3.63) is 64.5 Å². The Kier molecular flexibility index (Phi) is 7.37. The number of hydroxylamine groups is 1. The van der Waals surface area contributed by atoms with Gasteiger partial charge in [0.1, 0.15) is 6.04 Å². The Bertz CT molecular complexity index is 965. The highest BCUT2D eigenvalue weighted by atomic mass is 32.2. The summed E-state index contributed by atoms with van der Waals surface area (Å²) in [5.41, 5.74) is 2.11. The molecule has 2 rings (SSSR count). The Balaban J connectivity index is 2.65. The second-order valence-electron chi connectivity index (χ2n) is 6.50. The van der Waals surface area contributed by atoms with Crippen LogP contribution in [0.2, 0.25) is 0 Å². The van der Waals surface area contributed by atoms with Crippen molar-refractivity contribution in [1.82, 2.24) is 14.8 Å². The summed E-state index contributed by atoms with van der Waals surface area (Å²) < 4.78 is 27.9. The number of sulfonamides is 1. The molecule has 0 spiro atoms. The maximum atomic E-state index is 13.5. The van der Waals surface area contributed by atoms with Crippen molar-refractivity contribution in [3.8, 4) is 0 Å².